The summed E-state index contributed by atoms with van der Waals surface area (Å²) in [5.41, 5.74) is 3.02. The highest BCUT2D eigenvalue weighted by molar-refractivity contribution is 7.92. The van der Waals surface area contributed by atoms with Crippen LogP contribution in [0.4, 0.5) is 10.1 Å². The number of hydrazone groups is 1. The zero-order valence-electron chi connectivity index (χ0n) is 14.2. The number of hydrogen-bond donors (Lipinski definition) is 1. The fourth-order valence-electron chi connectivity index (χ4n) is 2.07. The number of nitrogens with one attached hydrogen (secondary N) is 1. The molecule has 9 heteroatoms. The Morgan fingerprint density at radius 3 is 2.54 bits per heavy atom. The van der Waals surface area contributed by atoms with Crippen LogP contribution in [0.25, 0.3) is 0 Å². The highest BCUT2D eigenvalue weighted by Crippen LogP contribution is 2.18. The van der Waals surface area contributed by atoms with Crippen LogP contribution in [0.15, 0.2) is 53.6 Å². The monoisotopic (exact) mass is 379 g/mol. The second kappa shape index (κ2) is 8.43. The van der Waals surface area contributed by atoms with Crippen LogP contribution in [0.2, 0.25) is 0 Å². The van der Waals surface area contributed by atoms with Gasteiger partial charge in [-0.05, 0) is 48.0 Å². The van der Waals surface area contributed by atoms with E-state index in [1.165, 1.54) is 24.4 Å². The maximum Gasteiger partial charge on any atom is 0.260 e. The maximum absolute atomic E-state index is 13.3. The van der Waals surface area contributed by atoms with Gasteiger partial charge in [-0.15, -0.1) is 0 Å². The fourth-order valence-corrected chi connectivity index (χ4v) is 2.91. The van der Waals surface area contributed by atoms with Gasteiger partial charge in [0.05, 0.1) is 25.3 Å². The Morgan fingerprint density at radius 1 is 1.27 bits per heavy atom. The standard InChI is InChI=1S/C17H18FN3O4S/c1-25-16-8-6-13(7-9-16)11-19-20-17(22)12-21(26(2,23)24)15-5-3-4-14(18)10-15/h3-11H,12H2,1-2H3,(H,20,22)/b19-11-. The average Bonchev–Trinajstić information content (AvgIpc) is 2.59. The Balaban J connectivity index is 2.04. The minimum atomic E-state index is -3.77. The van der Waals surface area contributed by atoms with Crippen LogP contribution in [-0.2, 0) is 14.8 Å². The van der Waals surface area contributed by atoms with Crippen molar-refractivity contribution in [3.8, 4) is 5.75 Å². The smallest absolute Gasteiger partial charge is 0.260 e. The topological polar surface area (TPSA) is 88.1 Å². The zero-order chi connectivity index (χ0) is 19.2. The molecule has 1 N–H and O–H groups in total. The molecule has 2 rings (SSSR count). The molecule has 0 saturated carbocycles. The van der Waals surface area contributed by atoms with E-state index in [-0.39, 0.29) is 5.69 Å². The fraction of sp³-hybridized carbons (Fsp3) is 0.176. The summed E-state index contributed by atoms with van der Waals surface area (Å²) in [6.07, 6.45) is 2.34. The third kappa shape index (κ3) is 5.55. The van der Waals surface area contributed by atoms with E-state index >= 15 is 0 Å². The first-order chi connectivity index (χ1) is 12.3. The Kier molecular flexibility index (Phi) is 6.29. The van der Waals surface area contributed by atoms with Crippen LogP contribution in [0, 0.1) is 5.82 Å². The SMILES string of the molecule is COc1ccc(/C=N\NC(=O)CN(c2cccc(F)c2)S(C)(=O)=O)cc1. The summed E-state index contributed by atoms with van der Waals surface area (Å²) in [4.78, 5) is 12.0. The molecule has 0 aromatic heterocycles. The zero-order valence-corrected chi connectivity index (χ0v) is 15.0. The number of hydrogen-bond acceptors (Lipinski definition) is 5. The number of carbonyl (C=O) groups is 1. The van der Waals surface area contributed by atoms with Crippen molar-refractivity contribution >= 4 is 27.8 Å². The van der Waals surface area contributed by atoms with Gasteiger partial charge < -0.3 is 4.74 Å². The Labute approximate surface area is 151 Å². The van der Waals surface area contributed by atoms with Gasteiger partial charge in [-0.25, -0.2) is 18.2 Å². The normalized spacial score (nSPS) is 11.3. The van der Waals surface area contributed by atoms with Gasteiger partial charge in [0, 0.05) is 0 Å². The summed E-state index contributed by atoms with van der Waals surface area (Å²) in [7, 11) is -2.22. The first-order valence-electron chi connectivity index (χ1n) is 7.49. The van der Waals surface area contributed by atoms with Crippen molar-refractivity contribution < 1.29 is 22.3 Å². The summed E-state index contributed by atoms with van der Waals surface area (Å²) < 4.78 is 43.0. The van der Waals surface area contributed by atoms with Gasteiger partial charge in [-0.1, -0.05) is 6.07 Å². The molecule has 0 aliphatic carbocycles. The van der Waals surface area contributed by atoms with Crippen molar-refractivity contribution in [2.75, 3.05) is 24.2 Å². The third-order valence-electron chi connectivity index (χ3n) is 3.30. The predicted molar refractivity (Wildman–Crippen MR) is 97.3 cm³/mol. The van der Waals surface area contributed by atoms with Crippen molar-refractivity contribution in [3.05, 3.63) is 59.9 Å². The van der Waals surface area contributed by atoms with Crippen LogP contribution >= 0.6 is 0 Å². The van der Waals surface area contributed by atoms with Crippen molar-refractivity contribution in [1.29, 1.82) is 0 Å². The molecule has 0 aliphatic heterocycles. The first-order valence-corrected chi connectivity index (χ1v) is 9.33. The Morgan fingerprint density at radius 2 is 1.96 bits per heavy atom. The van der Waals surface area contributed by atoms with E-state index in [9.17, 15) is 17.6 Å². The van der Waals surface area contributed by atoms with Crippen LogP contribution in [-0.4, -0.2) is 40.4 Å². The second-order valence-electron chi connectivity index (χ2n) is 5.32. The molecule has 1 amide bonds. The van der Waals surface area contributed by atoms with Crippen molar-refractivity contribution in [1.82, 2.24) is 5.43 Å². The predicted octanol–water partition coefficient (Wildman–Crippen LogP) is 1.75. The summed E-state index contributed by atoms with van der Waals surface area (Å²) in [6, 6.07) is 11.9. The highest BCUT2D eigenvalue weighted by atomic mass is 32.2. The van der Waals surface area contributed by atoms with E-state index in [2.05, 4.69) is 10.5 Å². The summed E-state index contributed by atoms with van der Waals surface area (Å²) >= 11 is 0. The molecular weight excluding hydrogens is 361 g/mol. The molecular formula is C17H18FN3O4S. The lowest BCUT2D eigenvalue weighted by atomic mass is 10.2. The van der Waals surface area contributed by atoms with Crippen molar-refractivity contribution in [2.24, 2.45) is 5.10 Å². The molecule has 0 unspecified atom stereocenters. The number of rotatable bonds is 7. The molecule has 0 saturated heterocycles. The third-order valence-corrected chi connectivity index (χ3v) is 4.44. The number of nitrogens with zero attached hydrogens (tertiary/aromatic N) is 2. The lowest BCUT2D eigenvalue weighted by molar-refractivity contribution is -0.119. The van der Waals surface area contributed by atoms with Crippen LogP contribution in [0.5, 0.6) is 5.75 Å². The van der Waals surface area contributed by atoms with Gasteiger partial charge in [0.25, 0.3) is 5.91 Å². The van der Waals surface area contributed by atoms with E-state index in [0.29, 0.717) is 5.75 Å². The van der Waals surface area contributed by atoms with E-state index < -0.39 is 28.3 Å². The lowest BCUT2D eigenvalue weighted by Gasteiger charge is -2.21. The van der Waals surface area contributed by atoms with Crippen molar-refractivity contribution in [3.63, 3.8) is 0 Å². The highest BCUT2D eigenvalue weighted by Gasteiger charge is 2.21. The molecule has 0 fully saturated rings. The number of carbonyl (C=O) groups excluding carboxylic acids is 1. The molecule has 138 valence electrons. The van der Waals surface area contributed by atoms with E-state index in [0.717, 1.165) is 22.2 Å². The van der Waals surface area contributed by atoms with Gasteiger partial charge in [0.15, 0.2) is 0 Å². The molecule has 0 heterocycles. The van der Waals surface area contributed by atoms with E-state index in [4.69, 9.17) is 4.74 Å². The first kappa shape index (κ1) is 19.4. The summed E-state index contributed by atoms with van der Waals surface area (Å²) in [5, 5.41) is 3.78. The lowest BCUT2D eigenvalue weighted by Crippen LogP contribution is -2.39. The molecule has 0 radical (unpaired) electrons. The van der Waals surface area contributed by atoms with Crippen LogP contribution in [0.3, 0.4) is 0 Å². The number of amides is 1. The average molecular weight is 379 g/mol. The van der Waals surface area contributed by atoms with Crippen LogP contribution < -0.4 is 14.5 Å². The summed E-state index contributed by atoms with van der Waals surface area (Å²) in [6.45, 7) is -0.526. The largest absolute Gasteiger partial charge is 0.497 e. The summed E-state index contributed by atoms with van der Waals surface area (Å²) in [5.74, 6) is -0.580. The van der Waals surface area contributed by atoms with E-state index in [1.807, 2.05) is 0 Å². The Hall–Kier alpha value is -2.94. The second-order valence-corrected chi connectivity index (χ2v) is 7.22. The number of methoxy groups -OCH3 is 1. The minimum absolute atomic E-state index is 0.0572. The quantitative estimate of drug-likeness (QED) is 0.586. The van der Waals surface area contributed by atoms with Crippen LogP contribution in [0.1, 0.15) is 5.56 Å². The molecule has 2 aromatic carbocycles. The van der Waals surface area contributed by atoms with Gasteiger partial charge in [-0.3, -0.25) is 9.10 Å². The molecule has 0 bridgehead atoms. The molecule has 7 nitrogen and oxygen atoms in total. The van der Waals surface area contributed by atoms with Crippen molar-refractivity contribution in [2.45, 2.75) is 0 Å². The number of sulfonamides is 1. The molecule has 0 aliphatic rings. The maximum atomic E-state index is 13.3. The van der Waals surface area contributed by atoms with Gasteiger partial charge in [-0.2, -0.15) is 5.10 Å². The molecule has 2 aromatic rings. The van der Waals surface area contributed by atoms with Gasteiger partial charge in [0.1, 0.15) is 18.1 Å². The number of benzene rings is 2. The molecule has 0 spiro atoms. The van der Waals surface area contributed by atoms with E-state index in [1.54, 1.807) is 31.4 Å². The molecule has 26 heavy (non-hydrogen) atoms. The number of halogens is 1. The number of anilines is 1. The van der Waals surface area contributed by atoms with Gasteiger partial charge >= 0.3 is 0 Å². The number of ether oxygens (including phenoxy) is 1. The van der Waals surface area contributed by atoms with Gasteiger partial charge in [0.2, 0.25) is 10.0 Å². The minimum Gasteiger partial charge on any atom is -0.497 e. The molecule has 0 atom stereocenters. The Bertz CT molecular complexity index is 898.